The summed E-state index contributed by atoms with van der Waals surface area (Å²) in [5.74, 6) is 0. The molecule has 0 heterocycles. The summed E-state index contributed by atoms with van der Waals surface area (Å²) < 4.78 is 32.9. The highest BCUT2D eigenvalue weighted by Crippen LogP contribution is 2.31. The second-order valence-electron chi connectivity index (χ2n) is 5.70. The average molecular weight is 380 g/mol. The second-order valence-corrected chi connectivity index (χ2v) is 7.09. The molecule has 0 aromatic heterocycles. The molecule has 0 spiro atoms. The average Bonchev–Trinajstić information content (AvgIpc) is 2.66. The van der Waals surface area contributed by atoms with Gasteiger partial charge in [-0.2, -0.15) is 23.8 Å². The molecule has 0 bridgehead atoms. The molecule has 3 aromatic rings. The Labute approximate surface area is 156 Å². The molecule has 3 aromatic carbocycles. The molecule has 0 radical (unpaired) electrons. The lowest BCUT2D eigenvalue weighted by molar-refractivity contribution is 0.483. The van der Waals surface area contributed by atoms with Crippen LogP contribution in [0.5, 0.6) is 0 Å². The van der Waals surface area contributed by atoms with Crippen molar-refractivity contribution < 1.29 is 13.0 Å². The van der Waals surface area contributed by atoms with E-state index in [2.05, 4.69) is 20.5 Å². The summed E-state index contributed by atoms with van der Waals surface area (Å²) in [6, 6.07) is 20.4. The van der Waals surface area contributed by atoms with E-state index in [1.54, 1.807) is 30.3 Å². The summed E-state index contributed by atoms with van der Waals surface area (Å²) in [5.41, 5.74) is 2.53. The van der Waals surface area contributed by atoms with Gasteiger partial charge in [0.2, 0.25) is 0 Å². The zero-order valence-corrected chi connectivity index (χ0v) is 15.2. The first-order chi connectivity index (χ1) is 12.9. The lowest BCUT2D eigenvalue weighted by Gasteiger charge is -2.03. The topological polar surface area (TPSA) is 104 Å². The summed E-state index contributed by atoms with van der Waals surface area (Å²) in [4.78, 5) is -0.386. The van der Waals surface area contributed by atoms with Gasteiger partial charge >= 0.3 is 0 Å². The van der Waals surface area contributed by atoms with Crippen LogP contribution in [-0.2, 0) is 10.1 Å². The van der Waals surface area contributed by atoms with Crippen molar-refractivity contribution in [2.45, 2.75) is 11.8 Å². The standard InChI is InChI=1S/C19H16N4O3S/c1-14-7-9-16(10-8-14)21-23-18-12-11-17(13-19(18)27(24,25)26)22-20-15-5-3-2-4-6-15/h2-13H,1H3,(H,24,25,26). The Morgan fingerprint density at radius 3 is 1.93 bits per heavy atom. The highest BCUT2D eigenvalue weighted by Gasteiger charge is 2.16. The minimum Gasteiger partial charge on any atom is -0.282 e. The molecule has 0 unspecified atom stereocenters. The van der Waals surface area contributed by atoms with E-state index in [0.717, 1.165) is 5.56 Å². The molecule has 136 valence electrons. The van der Waals surface area contributed by atoms with E-state index in [0.29, 0.717) is 11.4 Å². The van der Waals surface area contributed by atoms with E-state index in [4.69, 9.17) is 0 Å². The maximum Gasteiger partial charge on any atom is 0.296 e. The molecule has 0 saturated heterocycles. The molecule has 0 fully saturated rings. The van der Waals surface area contributed by atoms with Crippen molar-refractivity contribution in [1.29, 1.82) is 0 Å². The van der Waals surface area contributed by atoms with Crippen molar-refractivity contribution in [1.82, 2.24) is 0 Å². The molecular formula is C19H16N4O3S. The molecule has 1 N–H and O–H groups in total. The maximum atomic E-state index is 11.7. The van der Waals surface area contributed by atoms with Gasteiger partial charge in [-0.05, 0) is 49.4 Å². The Morgan fingerprint density at radius 1 is 0.704 bits per heavy atom. The lowest BCUT2D eigenvalue weighted by Crippen LogP contribution is -1.98. The maximum absolute atomic E-state index is 11.7. The Balaban J connectivity index is 1.93. The fourth-order valence-corrected chi connectivity index (χ4v) is 2.83. The first kappa shape index (κ1) is 18.6. The fourth-order valence-electron chi connectivity index (χ4n) is 2.19. The summed E-state index contributed by atoms with van der Waals surface area (Å²) in [5, 5.41) is 16.0. The molecular weight excluding hydrogens is 364 g/mol. The van der Waals surface area contributed by atoms with Crippen LogP contribution >= 0.6 is 0 Å². The molecule has 0 amide bonds. The van der Waals surface area contributed by atoms with Crippen molar-refractivity contribution in [3.8, 4) is 0 Å². The molecule has 0 aliphatic carbocycles. The smallest absolute Gasteiger partial charge is 0.282 e. The minimum absolute atomic E-state index is 0.0109. The Morgan fingerprint density at radius 2 is 1.26 bits per heavy atom. The van der Waals surface area contributed by atoms with E-state index in [9.17, 15) is 13.0 Å². The van der Waals surface area contributed by atoms with Crippen LogP contribution in [0.3, 0.4) is 0 Å². The minimum atomic E-state index is -4.51. The van der Waals surface area contributed by atoms with Crippen molar-refractivity contribution >= 4 is 32.9 Å². The third kappa shape index (κ3) is 5.13. The van der Waals surface area contributed by atoms with E-state index in [-0.39, 0.29) is 16.3 Å². The van der Waals surface area contributed by atoms with Crippen LogP contribution in [0.25, 0.3) is 0 Å². The van der Waals surface area contributed by atoms with Gasteiger partial charge in [0.1, 0.15) is 10.6 Å². The molecule has 7 nitrogen and oxygen atoms in total. The quantitative estimate of drug-likeness (QED) is 0.429. The van der Waals surface area contributed by atoms with E-state index in [1.165, 1.54) is 12.1 Å². The molecule has 27 heavy (non-hydrogen) atoms. The van der Waals surface area contributed by atoms with Crippen LogP contribution in [0.2, 0.25) is 0 Å². The van der Waals surface area contributed by atoms with E-state index >= 15 is 0 Å². The largest absolute Gasteiger partial charge is 0.296 e. The number of hydrogen-bond acceptors (Lipinski definition) is 6. The van der Waals surface area contributed by atoms with Crippen molar-refractivity contribution in [2.75, 3.05) is 0 Å². The van der Waals surface area contributed by atoms with Gasteiger partial charge in [0.15, 0.2) is 0 Å². The number of aryl methyl sites for hydroxylation is 1. The van der Waals surface area contributed by atoms with Gasteiger partial charge in [-0.1, -0.05) is 35.9 Å². The summed E-state index contributed by atoms with van der Waals surface area (Å²) >= 11 is 0. The highest BCUT2D eigenvalue weighted by atomic mass is 32.2. The predicted octanol–water partition coefficient (Wildman–Crippen LogP) is 6.07. The SMILES string of the molecule is Cc1ccc(N=Nc2ccc(N=Nc3ccccc3)cc2S(=O)(=O)O)cc1. The normalized spacial score (nSPS) is 12.1. The van der Waals surface area contributed by atoms with Gasteiger partial charge in [0.25, 0.3) is 10.1 Å². The van der Waals surface area contributed by atoms with Crippen molar-refractivity contribution in [3.63, 3.8) is 0 Å². The van der Waals surface area contributed by atoms with Crippen LogP contribution in [-0.4, -0.2) is 13.0 Å². The molecule has 8 heteroatoms. The summed E-state index contributed by atoms with van der Waals surface area (Å²) in [6.45, 7) is 1.94. The van der Waals surface area contributed by atoms with E-state index in [1.807, 2.05) is 37.3 Å². The van der Waals surface area contributed by atoms with Gasteiger partial charge in [-0.15, -0.1) is 5.11 Å². The van der Waals surface area contributed by atoms with Gasteiger partial charge in [-0.3, -0.25) is 4.55 Å². The summed E-state index contributed by atoms with van der Waals surface area (Å²) in [6.07, 6.45) is 0. The summed E-state index contributed by atoms with van der Waals surface area (Å²) in [7, 11) is -4.51. The number of azo groups is 2. The van der Waals surface area contributed by atoms with E-state index < -0.39 is 10.1 Å². The third-order valence-electron chi connectivity index (χ3n) is 3.57. The number of hydrogen-bond donors (Lipinski definition) is 1. The van der Waals surface area contributed by atoms with Crippen molar-refractivity contribution in [3.05, 3.63) is 78.4 Å². The molecule has 3 rings (SSSR count). The van der Waals surface area contributed by atoms with Gasteiger partial charge in [0.05, 0.1) is 17.1 Å². The van der Waals surface area contributed by atoms with Crippen LogP contribution in [0, 0.1) is 6.92 Å². The zero-order chi connectivity index (χ0) is 19.3. The fraction of sp³-hybridized carbons (Fsp3) is 0.0526. The third-order valence-corrected chi connectivity index (χ3v) is 4.45. The first-order valence-corrected chi connectivity index (χ1v) is 9.42. The molecule has 0 aliphatic heterocycles. The van der Waals surface area contributed by atoms with Crippen LogP contribution < -0.4 is 0 Å². The van der Waals surface area contributed by atoms with Crippen LogP contribution in [0.1, 0.15) is 5.56 Å². The van der Waals surface area contributed by atoms with Gasteiger partial charge in [0, 0.05) is 0 Å². The molecule has 0 saturated carbocycles. The highest BCUT2D eigenvalue weighted by molar-refractivity contribution is 7.86. The Hall–Kier alpha value is -3.23. The zero-order valence-electron chi connectivity index (χ0n) is 14.4. The number of benzene rings is 3. The van der Waals surface area contributed by atoms with Gasteiger partial charge in [-0.25, -0.2) is 0 Å². The monoisotopic (exact) mass is 380 g/mol. The van der Waals surface area contributed by atoms with Crippen LogP contribution in [0.4, 0.5) is 22.7 Å². The Kier molecular flexibility index (Phi) is 5.49. The first-order valence-electron chi connectivity index (χ1n) is 7.98. The molecule has 0 atom stereocenters. The van der Waals surface area contributed by atoms with Gasteiger partial charge < -0.3 is 0 Å². The number of rotatable bonds is 5. The molecule has 0 aliphatic rings. The second kappa shape index (κ2) is 7.98. The number of nitrogens with zero attached hydrogens (tertiary/aromatic N) is 4. The van der Waals surface area contributed by atoms with Crippen molar-refractivity contribution in [2.24, 2.45) is 20.5 Å². The Bertz CT molecular complexity index is 1090. The predicted molar refractivity (Wildman–Crippen MR) is 102 cm³/mol. The van der Waals surface area contributed by atoms with Crippen LogP contribution in [0.15, 0.2) is 98.1 Å². The lowest BCUT2D eigenvalue weighted by atomic mass is 10.2.